The summed E-state index contributed by atoms with van der Waals surface area (Å²) in [4.78, 5) is 11.8. The van der Waals surface area contributed by atoms with Crippen LogP contribution in [-0.4, -0.2) is 12.4 Å². The van der Waals surface area contributed by atoms with Gasteiger partial charge in [-0.15, -0.1) is 0 Å². The van der Waals surface area contributed by atoms with Crippen molar-refractivity contribution in [3.05, 3.63) is 11.8 Å². The Hall–Kier alpha value is -0.790. The van der Waals surface area contributed by atoms with Crippen LogP contribution >= 0.6 is 0 Å². The molecule has 0 aromatic carbocycles. The number of hydrogen-bond acceptors (Lipinski definition) is 2. The molecular weight excluding hydrogens is 176 g/mol. The molecule has 0 unspecified atom stereocenters. The first-order valence-electron chi connectivity index (χ1n) is 5.68. The van der Waals surface area contributed by atoms with Gasteiger partial charge in [0.15, 0.2) is 5.78 Å². The van der Waals surface area contributed by atoms with E-state index in [1.807, 2.05) is 6.92 Å². The summed E-state index contributed by atoms with van der Waals surface area (Å²) in [5.74, 6) is 2.11. The predicted molar refractivity (Wildman–Crippen MR) is 54.8 cm³/mol. The van der Waals surface area contributed by atoms with Crippen LogP contribution in [0.2, 0.25) is 0 Å². The monoisotopic (exact) mass is 194 g/mol. The highest BCUT2D eigenvalue weighted by atomic mass is 16.5. The molecule has 0 aliphatic heterocycles. The standard InChI is InChI=1S/C12H18O2/c1-2-14-10-7-9-5-3-4-6-11(9)12(13)8-10/h8-9,11H,2-7H2,1H3/t9-,11+/m0/s1. The van der Waals surface area contributed by atoms with Crippen molar-refractivity contribution in [3.63, 3.8) is 0 Å². The molecule has 2 heteroatoms. The molecule has 0 radical (unpaired) electrons. The Morgan fingerprint density at radius 2 is 2.21 bits per heavy atom. The van der Waals surface area contributed by atoms with Crippen molar-refractivity contribution in [1.29, 1.82) is 0 Å². The van der Waals surface area contributed by atoms with E-state index < -0.39 is 0 Å². The van der Waals surface area contributed by atoms with Crippen molar-refractivity contribution in [2.24, 2.45) is 11.8 Å². The molecule has 2 nitrogen and oxygen atoms in total. The Labute approximate surface area is 85.3 Å². The average molecular weight is 194 g/mol. The van der Waals surface area contributed by atoms with Crippen LogP contribution in [-0.2, 0) is 9.53 Å². The second kappa shape index (κ2) is 4.16. The highest BCUT2D eigenvalue weighted by molar-refractivity contribution is 5.93. The normalized spacial score (nSPS) is 32.1. The molecule has 0 amide bonds. The third-order valence-electron chi connectivity index (χ3n) is 3.37. The molecule has 2 aliphatic carbocycles. The first-order chi connectivity index (χ1) is 6.81. The lowest BCUT2D eigenvalue weighted by Gasteiger charge is -2.33. The van der Waals surface area contributed by atoms with E-state index in [0.717, 1.165) is 18.6 Å². The molecule has 1 fully saturated rings. The van der Waals surface area contributed by atoms with Gasteiger partial charge in [0.2, 0.25) is 0 Å². The zero-order valence-electron chi connectivity index (χ0n) is 8.79. The van der Waals surface area contributed by atoms with E-state index in [2.05, 4.69) is 0 Å². The minimum Gasteiger partial charge on any atom is -0.498 e. The van der Waals surface area contributed by atoms with E-state index in [4.69, 9.17) is 4.74 Å². The van der Waals surface area contributed by atoms with Crippen molar-refractivity contribution in [1.82, 2.24) is 0 Å². The van der Waals surface area contributed by atoms with Crippen molar-refractivity contribution >= 4 is 5.78 Å². The third-order valence-corrected chi connectivity index (χ3v) is 3.37. The van der Waals surface area contributed by atoms with Crippen LogP contribution in [0.25, 0.3) is 0 Å². The van der Waals surface area contributed by atoms with Crippen molar-refractivity contribution in [2.75, 3.05) is 6.61 Å². The molecule has 0 bridgehead atoms. The van der Waals surface area contributed by atoms with Crippen molar-refractivity contribution in [2.45, 2.75) is 39.0 Å². The fraction of sp³-hybridized carbons (Fsp3) is 0.750. The molecule has 2 rings (SSSR count). The van der Waals surface area contributed by atoms with Gasteiger partial charge in [0.25, 0.3) is 0 Å². The summed E-state index contributed by atoms with van der Waals surface area (Å²) < 4.78 is 5.44. The highest BCUT2D eigenvalue weighted by Crippen LogP contribution is 2.38. The highest BCUT2D eigenvalue weighted by Gasteiger charge is 2.34. The van der Waals surface area contributed by atoms with Crippen LogP contribution in [0.3, 0.4) is 0 Å². The summed E-state index contributed by atoms with van der Waals surface area (Å²) in [7, 11) is 0. The quantitative estimate of drug-likeness (QED) is 0.675. The van der Waals surface area contributed by atoms with Crippen LogP contribution in [0.1, 0.15) is 39.0 Å². The van der Waals surface area contributed by atoms with Crippen molar-refractivity contribution < 1.29 is 9.53 Å². The maximum atomic E-state index is 11.8. The second-order valence-corrected chi connectivity index (χ2v) is 4.30. The van der Waals surface area contributed by atoms with Crippen LogP contribution < -0.4 is 0 Å². The summed E-state index contributed by atoms with van der Waals surface area (Å²) in [5.41, 5.74) is 0. The average Bonchev–Trinajstić information content (AvgIpc) is 2.18. The fourth-order valence-corrected chi connectivity index (χ4v) is 2.70. The van der Waals surface area contributed by atoms with Gasteiger partial charge in [-0.2, -0.15) is 0 Å². The van der Waals surface area contributed by atoms with E-state index in [1.54, 1.807) is 6.08 Å². The van der Waals surface area contributed by atoms with Crippen LogP contribution in [0, 0.1) is 11.8 Å². The lowest BCUT2D eigenvalue weighted by atomic mass is 9.72. The Morgan fingerprint density at radius 3 is 3.00 bits per heavy atom. The molecule has 0 saturated heterocycles. The van der Waals surface area contributed by atoms with E-state index in [1.165, 1.54) is 19.3 Å². The molecule has 78 valence electrons. The summed E-state index contributed by atoms with van der Waals surface area (Å²) in [6.45, 7) is 2.65. The van der Waals surface area contributed by atoms with Crippen LogP contribution in [0.5, 0.6) is 0 Å². The summed E-state index contributed by atoms with van der Waals surface area (Å²) in [5, 5.41) is 0. The largest absolute Gasteiger partial charge is 0.498 e. The Kier molecular flexibility index (Phi) is 2.90. The maximum Gasteiger partial charge on any atom is 0.162 e. The minimum absolute atomic E-state index is 0.310. The van der Waals surface area contributed by atoms with E-state index in [0.29, 0.717) is 24.2 Å². The Bertz CT molecular complexity index is 255. The molecule has 0 aromatic rings. The molecule has 1 saturated carbocycles. The number of hydrogen-bond donors (Lipinski definition) is 0. The molecule has 0 heterocycles. The smallest absolute Gasteiger partial charge is 0.162 e. The number of allylic oxidation sites excluding steroid dienone is 2. The zero-order chi connectivity index (χ0) is 9.97. The first-order valence-corrected chi connectivity index (χ1v) is 5.68. The number of carbonyl (C=O) groups is 1. The molecule has 2 aliphatic rings. The topological polar surface area (TPSA) is 26.3 Å². The summed E-state index contributed by atoms with van der Waals surface area (Å²) >= 11 is 0. The van der Waals surface area contributed by atoms with Crippen molar-refractivity contribution in [3.8, 4) is 0 Å². The zero-order valence-corrected chi connectivity index (χ0v) is 8.79. The van der Waals surface area contributed by atoms with Gasteiger partial charge >= 0.3 is 0 Å². The van der Waals surface area contributed by atoms with Gasteiger partial charge in [0.1, 0.15) is 0 Å². The third kappa shape index (κ3) is 1.84. The maximum absolute atomic E-state index is 11.8. The second-order valence-electron chi connectivity index (χ2n) is 4.30. The van der Waals surface area contributed by atoms with Gasteiger partial charge < -0.3 is 4.74 Å². The van der Waals surface area contributed by atoms with Gasteiger partial charge in [-0.05, 0) is 25.7 Å². The predicted octanol–water partition coefficient (Wildman–Crippen LogP) is 2.69. The minimum atomic E-state index is 0.310. The number of ketones is 1. The van der Waals surface area contributed by atoms with Gasteiger partial charge in [0.05, 0.1) is 12.4 Å². The Morgan fingerprint density at radius 1 is 1.43 bits per heavy atom. The van der Waals surface area contributed by atoms with E-state index >= 15 is 0 Å². The lowest BCUT2D eigenvalue weighted by molar-refractivity contribution is -0.122. The number of carbonyl (C=O) groups excluding carboxylic acids is 1. The van der Waals surface area contributed by atoms with Crippen LogP contribution in [0.4, 0.5) is 0 Å². The lowest BCUT2D eigenvalue weighted by Crippen LogP contribution is -2.30. The molecule has 14 heavy (non-hydrogen) atoms. The SMILES string of the molecule is CCOC1=CC(=O)[C@@H]2CCCC[C@H]2C1. The molecule has 0 aromatic heterocycles. The number of ether oxygens (including phenoxy) is 1. The molecule has 2 atom stereocenters. The molecular formula is C12H18O2. The van der Waals surface area contributed by atoms with E-state index in [-0.39, 0.29) is 0 Å². The van der Waals surface area contributed by atoms with Gasteiger partial charge in [-0.25, -0.2) is 0 Å². The van der Waals surface area contributed by atoms with Gasteiger partial charge in [-0.1, -0.05) is 12.8 Å². The summed E-state index contributed by atoms with van der Waals surface area (Å²) in [6, 6.07) is 0. The molecule has 0 spiro atoms. The number of fused-ring (bicyclic) bond motifs is 1. The van der Waals surface area contributed by atoms with Crippen LogP contribution in [0.15, 0.2) is 11.8 Å². The first kappa shape index (κ1) is 9.75. The number of rotatable bonds is 2. The Balaban J connectivity index is 2.09. The fourth-order valence-electron chi connectivity index (χ4n) is 2.70. The van der Waals surface area contributed by atoms with E-state index in [9.17, 15) is 4.79 Å². The summed E-state index contributed by atoms with van der Waals surface area (Å²) in [6.07, 6.45) is 7.54. The molecule has 0 N–H and O–H groups in total. The van der Waals surface area contributed by atoms with Gasteiger partial charge in [0, 0.05) is 18.4 Å². The van der Waals surface area contributed by atoms with Gasteiger partial charge in [-0.3, -0.25) is 4.79 Å².